The average molecular weight is 376 g/mol. The van der Waals surface area contributed by atoms with Gasteiger partial charge in [-0.25, -0.2) is 4.79 Å². The SMILES string of the molecule is COc1cc(Cl)c(Cl)cc1C1CC(CO)N(C(=O)OC(C)(C)C)C1. The molecule has 7 heteroatoms. The third-order valence-electron chi connectivity index (χ3n) is 3.97. The van der Waals surface area contributed by atoms with Gasteiger partial charge in [0.25, 0.3) is 0 Å². The molecule has 0 radical (unpaired) electrons. The number of ether oxygens (including phenoxy) is 2. The van der Waals surface area contributed by atoms with Crippen molar-refractivity contribution in [3.8, 4) is 5.75 Å². The van der Waals surface area contributed by atoms with Crippen LogP contribution in [0.1, 0.15) is 38.7 Å². The normalized spacial score (nSPS) is 21.0. The van der Waals surface area contributed by atoms with E-state index < -0.39 is 11.7 Å². The Balaban J connectivity index is 2.26. The molecule has 1 aromatic carbocycles. The molecular formula is C17H23Cl2NO4. The van der Waals surface area contributed by atoms with E-state index in [2.05, 4.69) is 0 Å². The van der Waals surface area contributed by atoms with E-state index in [-0.39, 0.29) is 18.6 Å². The highest BCUT2D eigenvalue weighted by Gasteiger charge is 2.38. The van der Waals surface area contributed by atoms with Crippen LogP contribution in [0.4, 0.5) is 4.79 Å². The third kappa shape index (κ3) is 4.26. The Morgan fingerprint density at radius 3 is 2.50 bits per heavy atom. The number of hydrogen-bond donors (Lipinski definition) is 1. The summed E-state index contributed by atoms with van der Waals surface area (Å²) in [5.74, 6) is 0.608. The number of carbonyl (C=O) groups excluding carboxylic acids is 1. The quantitative estimate of drug-likeness (QED) is 0.864. The molecule has 134 valence electrons. The summed E-state index contributed by atoms with van der Waals surface area (Å²) in [5.41, 5.74) is 0.285. The number of halogens is 2. The first-order valence-electron chi connectivity index (χ1n) is 7.79. The van der Waals surface area contributed by atoms with Crippen LogP contribution in [-0.2, 0) is 4.74 Å². The van der Waals surface area contributed by atoms with E-state index in [9.17, 15) is 9.90 Å². The lowest BCUT2D eigenvalue weighted by molar-refractivity contribution is 0.0174. The van der Waals surface area contributed by atoms with Crippen molar-refractivity contribution in [3.63, 3.8) is 0 Å². The van der Waals surface area contributed by atoms with Crippen LogP contribution in [0.5, 0.6) is 5.75 Å². The molecule has 1 saturated heterocycles. The number of aliphatic hydroxyl groups is 1. The number of aliphatic hydroxyl groups excluding tert-OH is 1. The number of carbonyl (C=O) groups is 1. The van der Waals surface area contributed by atoms with Crippen LogP contribution in [0.25, 0.3) is 0 Å². The van der Waals surface area contributed by atoms with E-state index in [0.29, 0.717) is 28.8 Å². The first-order chi connectivity index (χ1) is 11.2. The average Bonchev–Trinajstić information content (AvgIpc) is 2.92. The molecule has 5 nitrogen and oxygen atoms in total. The zero-order chi connectivity index (χ0) is 18.1. The summed E-state index contributed by atoms with van der Waals surface area (Å²) < 4.78 is 10.8. The molecule has 1 N–H and O–H groups in total. The van der Waals surface area contributed by atoms with Gasteiger partial charge in [0.15, 0.2) is 0 Å². The third-order valence-corrected chi connectivity index (χ3v) is 4.69. The molecule has 0 aliphatic carbocycles. The fourth-order valence-electron chi connectivity index (χ4n) is 2.90. The van der Waals surface area contributed by atoms with Gasteiger partial charge in [-0.2, -0.15) is 0 Å². The predicted octanol–water partition coefficient (Wildman–Crippen LogP) is 4.09. The van der Waals surface area contributed by atoms with Crippen molar-refractivity contribution in [1.29, 1.82) is 0 Å². The molecule has 1 aliphatic rings. The lowest BCUT2D eigenvalue weighted by Crippen LogP contribution is -2.41. The Hall–Kier alpha value is -1.17. The van der Waals surface area contributed by atoms with Gasteiger partial charge in [-0.05, 0) is 33.3 Å². The second-order valence-corrected chi connectivity index (χ2v) is 7.72. The van der Waals surface area contributed by atoms with Crippen LogP contribution >= 0.6 is 23.2 Å². The summed E-state index contributed by atoms with van der Waals surface area (Å²) in [4.78, 5) is 14.0. The van der Waals surface area contributed by atoms with Crippen LogP contribution < -0.4 is 4.74 Å². The van der Waals surface area contributed by atoms with Crippen molar-refractivity contribution in [3.05, 3.63) is 27.7 Å². The van der Waals surface area contributed by atoms with Crippen LogP contribution in [-0.4, -0.2) is 48.0 Å². The Morgan fingerprint density at radius 2 is 1.96 bits per heavy atom. The van der Waals surface area contributed by atoms with Gasteiger partial charge in [0, 0.05) is 24.1 Å². The second kappa shape index (κ2) is 7.38. The molecule has 1 aliphatic heterocycles. The van der Waals surface area contributed by atoms with Gasteiger partial charge in [0.2, 0.25) is 0 Å². The molecule has 0 bridgehead atoms. The Labute approximate surface area is 152 Å². The van der Waals surface area contributed by atoms with Gasteiger partial charge in [-0.1, -0.05) is 23.2 Å². The highest BCUT2D eigenvalue weighted by atomic mass is 35.5. The van der Waals surface area contributed by atoms with Crippen molar-refractivity contribution in [2.24, 2.45) is 0 Å². The number of methoxy groups -OCH3 is 1. The molecule has 1 amide bonds. The molecular weight excluding hydrogens is 353 g/mol. The summed E-state index contributed by atoms with van der Waals surface area (Å²) in [5, 5.41) is 10.5. The minimum absolute atomic E-state index is 0.0145. The first-order valence-corrected chi connectivity index (χ1v) is 8.55. The summed E-state index contributed by atoms with van der Waals surface area (Å²) in [6, 6.07) is 3.13. The van der Waals surface area contributed by atoms with Crippen molar-refractivity contribution >= 4 is 29.3 Å². The Kier molecular flexibility index (Phi) is 5.89. The molecule has 2 rings (SSSR count). The zero-order valence-electron chi connectivity index (χ0n) is 14.3. The molecule has 0 spiro atoms. The summed E-state index contributed by atoms with van der Waals surface area (Å²) >= 11 is 12.2. The fourth-order valence-corrected chi connectivity index (χ4v) is 3.22. The largest absolute Gasteiger partial charge is 0.496 e. The topological polar surface area (TPSA) is 59.0 Å². The summed E-state index contributed by atoms with van der Waals surface area (Å²) in [6.07, 6.45) is 0.174. The highest BCUT2D eigenvalue weighted by molar-refractivity contribution is 6.42. The summed E-state index contributed by atoms with van der Waals surface area (Å²) in [6.45, 7) is 5.74. The smallest absolute Gasteiger partial charge is 0.410 e. The number of rotatable bonds is 3. The molecule has 1 fully saturated rings. The van der Waals surface area contributed by atoms with Crippen LogP contribution in [0.15, 0.2) is 12.1 Å². The maximum Gasteiger partial charge on any atom is 0.410 e. The monoisotopic (exact) mass is 375 g/mol. The fraction of sp³-hybridized carbons (Fsp3) is 0.588. The first kappa shape index (κ1) is 19.2. The predicted molar refractivity (Wildman–Crippen MR) is 94.2 cm³/mol. The van der Waals surface area contributed by atoms with Crippen molar-refractivity contribution < 1.29 is 19.4 Å². The molecule has 1 aromatic rings. The maximum absolute atomic E-state index is 12.4. The van der Waals surface area contributed by atoms with Gasteiger partial charge in [0.05, 0.1) is 29.8 Å². The number of nitrogens with zero attached hydrogens (tertiary/aromatic N) is 1. The molecule has 0 saturated carbocycles. The van der Waals surface area contributed by atoms with Gasteiger partial charge in [-0.15, -0.1) is 0 Å². The lowest BCUT2D eigenvalue weighted by Gasteiger charge is -2.27. The van der Waals surface area contributed by atoms with Gasteiger partial charge in [0.1, 0.15) is 11.4 Å². The Morgan fingerprint density at radius 1 is 1.33 bits per heavy atom. The van der Waals surface area contributed by atoms with E-state index in [1.807, 2.05) is 20.8 Å². The number of benzene rings is 1. The standard InChI is InChI=1S/C17H23Cl2NO4/c1-17(2,3)24-16(22)20-8-10(5-11(20)9-21)12-6-13(18)14(19)7-15(12)23-4/h6-7,10-11,21H,5,8-9H2,1-4H3. The zero-order valence-corrected chi connectivity index (χ0v) is 15.8. The minimum atomic E-state index is -0.587. The Bertz CT molecular complexity index is 615. The highest BCUT2D eigenvalue weighted by Crippen LogP contribution is 2.40. The molecule has 0 aromatic heterocycles. The van der Waals surface area contributed by atoms with E-state index >= 15 is 0 Å². The van der Waals surface area contributed by atoms with E-state index in [4.69, 9.17) is 32.7 Å². The number of likely N-dealkylation sites (tertiary alicyclic amines) is 1. The van der Waals surface area contributed by atoms with Gasteiger partial charge < -0.3 is 19.5 Å². The molecule has 2 atom stereocenters. The van der Waals surface area contributed by atoms with Crippen LogP contribution in [0.2, 0.25) is 10.0 Å². The van der Waals surface area contributed by atoms with Crippen molar-refractivity contribution in [2.45, 2.75) is 44.8 Å². The van der Waals surface area contributed by atoms with Crippen molar-refractivity contribution in [2.75, 3.05) is 20.3 Å². The van der Waals surface area contributed by atoms with Gasteiger partial charge >= 0.3 is 6.09 Å². The van der Waals surface area contributed by atoms with E-state index in [0.717, 1.165) is 5.56 Å². The van der Waals surface area contributed by atoms with Crippen LogP contribution in [0, 0.1) is 0 Å². The molecule has 2 unspecified atom stereocenters. The number of amides is 1. The maximum atomic E-state index is 12.4. The lowest BCUT2D eigenvalue weighted by atomic mass is 9.95. The summed E-state index contributed by atoms with van der Waals surface area (Å²) in [7, 11) is 1.56. The van der Waals surface area contributed by atoms with Gasteiger partial charge in [-0.3, -0.25) is 0 Å². The van der Waals surface area contributed by atoms with E-state index in [1.54, 1.807) is 24.1 Å². The second-order valence-electron chi connectivity index (χ2n) is 6.91. The van der Waals surface area contributed by atoms with Crippen molar-refractivity contribution in [1.82, 2.24) is 4.90 Å². The number of hydrogen-bond acceptors (Lipinski definition) is 4. The molecule has 1 heterocycles. The molecule has 24 heavy (non-hydrogen) atoms. The van der Waals surface area contributed by atoms with E-state index in [1.165, 1.54) is 0 Å². The van der Waals surface area contributed by atoms with Crippen LogP contribution in [0.3, 0.4) is 0 Å². The minimum Gasteiger partial charge on any atom is -0.496 e.